The van der Waals surface area contributed by atoms with Gasteiger partial charge >= 0.3 is 0 Å². The fraction of sp³-hybridized carbons (Fsp3) is 0.200. The van der Waals surface area contributed by atoms with E-state index in [0.29, 0.717) is 25.2 Å². The molecule has 0 saturated carbocycles. The van der Waals surface area contributed by atoms with Crippen LogP contribution < -0.4 is 0 Å². The molecule has 1 aliphatic rings. The van der Waals surface area contributed by atoms with Crippen molar-refractivity contribution in [2.75, 3.05) is 6.54 Å². The normalized spacial score (nSPS) is 13.5. The Balaban J connectivity index is 1.48. The lowest BCUT2D eigenvalue weighted by Crippen LogP contribution is -2.31. The molecule has 0 bridgehead atoms. The van der Waals surface area contributed by atoms with Crippen molar-refractivity contribution in [3.63, 3.8) is 0 Å². The number of fused-ring (bicyclic) bond motifs is 1. The third-order valence-corrected chi connectivity index (χ3v) is 5.47. The number of rotatable bonds is 5. The summed E-state index contributed by atoms with van der Waals surface area (Å²) in [6.45, 7) is 8.96. The first-order valence-corrected chi connectivity index (χ1v) is 9.80. The lowest BCUT2D eigenvalue weighted by molar-refractivity contribution is 0.0991. The largest absolute Gasteiger partial charge is 0.294 e. The number of hydrogen-bond acceptors (Lipinski definition) is 2. The van der Waals surface area contributed by atoms with Gasteiger partial charge in [0.15, 0.2) is 23.1 Å². The second-order valence-electron chi connectivity index (χ2n) is 7.53. The molecule has 0 N–H and O–H groups in total. The van der Waals surface area contributed by atoms with Crippen LogP contribution in [0.3, 0.4) is 0 Å². The van der Waals surface area contributed by atoms with Gasteiger partial charge in [0.2, 0.25) is 0 Å². The van der Waals surface area contributed by atoms with Crippen LogP contribution in [0.2, 0.25) is 0 Å². The number of Topliss-reactive ketones (excluding diaryl/α,β-unsaturated/α-hetero) is 1. The molecular formula is C25H20F2N2O. The van der Waals surface area contributed by atoms with Crippen molar-refractivity contribution in [2.24, 2.45) is 0 Å². The molecule has 3 nitrogen and oxygen atoms in total. The Labute approximate surface area is 174 Å². The van der Waals surface area contributed by atoms with E-state index in [1.807, 2.05) is 30.3 Å². The maximum absolute atomic E-state index is 13.5. The molecule has 1 aliphatic heterocycles. The number of ketones is 1. The van der Waals surface area contributed by atoms with Crippen LogP contribution in [-0.4, -0.2) is 17.2 Å². The molecule has 3 aromatic rings. The Morgan fingerprint density at radius 1 is 1.00 bits per heavy atom. The summed E-state index contributed by atoms with van der Waals surface area (Å²) in [5.74, 6) is -1.60. The first-order valence-electron chi connectivity index (χ1n) is 9.80. The van der Waals surface area contributed by atoms with Crippen LogP contribution in [0.1, 0.15) is 32.6 Å². The molecule has 0 radical (unpaired) electrons. The van der Waals surface area contributed by atoms with Gasteiger partial charge in [-0.05, 0) is 40.8 Å². The molecule has 0 atom stereocenters. The second kappa shape index (κ2) is 8.56. The third-order valence-electron chi connectivity index (χ3n) is 5.47. The van der Waals surface area contributed by atoms with Crippen LogP contribution in [0.25, 0.3) is 4.85 Å². The Kier molecular flexibility index (Phi) is 5.69. The molecule has 0 saturated heterocycles. The zero-order valence-corrected chi connectivity index (χ0v) is 16.4. The highest BCUT2D eigenvalue weighted by Gasteiger charge is 2.22. The van der Waals surface area contributed by atoms with Gasteiger partial charge in [0, 0.05) is 31.6 Å². The second-order valence-corrected chi connectivity index (χ2v) is 7.53. The monoisotopic (exact) mass is 402 g/mol. The molecule has 0 aromatic heterocycles. The smallest absolute Gasteiger partial charge is 0.187 e. The van der Waals surface area contributed by atoms with Gasteiger partial charge in [-0.25, -0.2) is 13.6 Å². The Morgan fingerprint density at radius 2 is 1.77 bits per heavy atom. The molecule has 0 spiro atoms. The predicted molar refractivity (Wildman–Crippen MR) is 111 cm³/mol. The van der Waals surface area contributed by atoms with Gasteiger partial charge in [-0.3, -0.25) is 9.69 Å². The highest BCUT2D eigenvalue weighted by Crippen LogP contribution is 2.25. The molecule has 5 heteroatoms. The maximum atomic E-state index is 13.5. The zero-order valence-electron chi connectivity index (χ0n) is 16.4. The van der Waals surface area contributed by atoms with E-state index in [1.165, 1.54) is 6.07 Å². The minimum atomic E-state index is -0.838. The van der Waals surface area contributed by atoms with Crippen molar-refractivity contribution in [3.8, 4) is 0 Å². The topological polar surface area (TPSA) is 24.7 Å². The van der Waals surface area contributed by atoms with E-state index in [4.69, 9.17) is 6.57 Å². The van der Waals surface area contributed by atoms with Crippen LogP contribution in [0.15, 0.2) is 60.7 Å². The van der Waals surface area contributed by atoms with Gasteiger partial charge in [0.05, 0.1) is 6.57 Å². The average molecular weight is 402 g/mol. The average Bonchev–Trinajstić information content (AvgIpc) is 2.76. The number of carbonyl (C=O) groups excluding carboxylic acids is 1. The molecule has 0 aliphatic carbocycles. The zero-order chi connectivity index (χ0) is 21.1. The van der Waals surface area contributed by atoms with Crippen molar-refractivity contribution in [1.82, 2.24) is 4.90 Å². The predicted octanol–water partition coefficient (Wildman–Crippen LogP) is 5.50. The number of hydrogen-bond donors (Lipinski definition) is 0. The highest BCUT2D eigenvalue weighted by atomic mass is 19.2. The van der Waals surface area contributed by atoms with Gasteiger partial charge in [-0.1, -0.05) is 48.5 Å². The number of nitrogens with zero attached hydrogens (tertiary/aromatic N) is 2. The Bertz CT molecular complexity index is 1130. The maximum Gasteiger partial charge on any atom is 0.187 e. The summed E-state index contributed by atoms with van der Waals surface area (Å²) in [7, 11) is 0. The SMILES string of the molecule is [C-]#[N+]c1ccc(CC(=O)c2cccc3c2CCN(Cc2ccc(F)c(F)c2)C3)cc1. The summed E-state index contributed by atoms with van der Waals surface area (Å²) in [6, 6.07) is 16.9. The van der Waals surface area contributed by atoms with Crippen molar-refractivity contribution in [1.29, 1.82) is 0 Å². The Hall–Kier alpha value is -3.36. The molecule has 30 heavy (non-hydrogen) atoms. The molecule has 0 unspecified atom stereocenters. The number of benzene rings is 3. The van der Waals surface area contributed by atoms with E-state index in [2.05, 4.69) is 9.74 Å². The summed E-state index contributed by atoms with van der Waals surface area (Å²) in [4.78, 5) is 18.5. The quantitative estimate of drug-likeness (QED) is 0.416. The molecule has 0 fully saturated rings. The van der Waals surface area contributed by atoms with Crippen molar-refractivity contribution in [2.45, 2.75) is 25.9 Å². The molecular weight excluding hydrogens is 382 g/mol. The number of halogens is 2. The molecule has 1 heterocycles. The van der Waals surface area contributed by atoms with Crippen LogP contribution in [0.4, 0.5) is 14.5 Å². The highest BCUT2D eigenvalue weighted by molar-refractivity contribution is 5.99. The minimum Gasteiger partial charge on any atom is -0.294 e. The summed E-state index contributed by atoms with van der Waals surface area (Å²) < 4.78 is 26.6. The van der Waals surface area contributed by atoms with Gasteiger partial charge in [-0.2, -0.15) is 0 Å². The third kappa shape index (κ3) is 4.29. The van der Waals surface area contributed by atoms with Crippen LogP contribution in [-0.2, 0) is 25.9 Å². The van der Waals surface area contributed by atoms with Crippen LogP contribution >= 0.6 is 0 Å². The first-order chi connectivity index (χ1) is 14.5. The standard InChI is InChI=1S/C25H20F2N2O/c1-28-20-8-5-17(6-9-20)14-25(30)22-4-2-3-19-16-29(12-11-21(19)22)15-18-7-10-23(26)24(27)13-18/h2-10,13H,11-12,14-16H2. The fourth-order valence-corrected chi connectivity index (χ4v) is 3.93. The summed E-state index contributed by atoms with van der Waals surface area (Å²) >= 11 is 0. The summed E-state index contributed by atoms with van der Waals surface area (Å²) in [5.41, 5.74) is 5.09. The van der Waals surface area contributed by atoms with Gasteiger partial charge < -0.3 is 0 Å². The molecule has 0 amide bonds. The van der Waals surface area contributed by atoms with Gasteiger partial charge in [0.1, 0.15) is 0 Å². The fourth-order valence-electron chi connectivity index (χ4n) is 3.93. The lowest BCUT2D eigenvalue weighted by atomic mass is 9.90. The number of carbonyl (C=O) groups is 1. The van der Waals surface area contributed by atoms with E-state index in [1.54, 1.807) is 18.2 Å². The Morgan fingerprint density at radius 3 is 2.50 bits per heavy atom. The van der Waals surface area contributed by atoms with E-state index in [-0.39, 0.29) is 5.78 Å². The van der Waals surface area contributed by atoms with Gasteiger partial charge in [-0.15, -0.1) is 0 Å². The van der Waals surface area contributed by atoms with Crippen molar-refractivity contribution >= 4 is 11.5 Å². The molecule has 3 aromatic carbocycles. The van der Waals surface area contributed by atoms with Crippen molar-refractivity contribution < 1.29 is 13.6 Å². The van der Waals surface area contributed by atoms with Crippen molar-refractivity contribution in [3.05, 3.63) is 112 Å². The summed E-state index contributed by atoms with van der Waals surface area (Å²) in [6.07, 6.45) is 1.03. The first kappa shape index (κ1) is 19.9. The minimum absolute atomic E-state index is 0.0662. The van der Waals surface area contributed by atoms with E-state index < -0.39 is 11.6 Å². The summed E-state index contributed by atoms with van der Waals surface area (Å²) in [5, 5.41) is 0. The van der Waals surface area contributed by atoms with Gasteiger partial charge in [0.25, 0.3) is 0 Å². The van der Waals surface area contributed by atoms with Crippen LogP contribution in [0, 0.1) is 18.2 Å². The molecule has 150 valence electrons. The van der Waals surface area contributed by atoms with E-state index in [0.717, 1.165) is 46.8 Å². The molecule has 4 rings (SSSR count). The lowest BCUT2D eigenvalue weighted by Gasteiger charge is -2.30. The van der Waals surface area contributed by atoms with Crippen LogP contribution in [0.5, 0.6) is 0 Å². The van der Waals surface area contributed by atoms with E-state index >= 15 is 0 Å². The van der Waals surface area contributed by atoms with E-state index in [9.17, 15) is 13.6 Å².